The highest BCUT2D eigenvalue weighted by molar-refractivity contribution is 9.10. The molecule has 7 heteroatoms. The predicted molar refractivity (Wildman–Crippen MR) is 121 cm³/mol. The molecule has 0 bridgehead atoms. The van der Waals surface area contributed by atoms with Crippen LogP contribution in [0.2, 0.25) is 0 Å². The Hall–Kier alpha value is -2.64. The Morgan fingerprint density at radius 1 is 1.14 bits per heavy atom. The van der Waals surface area contributed by atoms with Crippen molar-refractivity contribution >= 4 is 39.2 Å². The summed E-state index contributed by atoms with van der Waals surface area (Å²) in [6.45, 7) is 4.23. The zero-order chi connectivity index (χ0) is 20.8. The third-order valence-corrected chi connectivity index (χ3v) is 4.68. The molecular formula is C22H21BrN2O3S. The molecule has 0 aliphatic heterocycles. The highest BCUT2D eigenvalue weighted by Gasteiger charge is 2.10. The Labute approximate surface area is 183 Å². The van der Waals surface area contributed by atoms with E-state index in [1.54, 1.807) is 18.2 Å². The van der Waals surface area contributed by atoms with Gasteiger partial charge in [-0.25, -0.2) is 0 Å². The van der Waals surface area contributed by atoms with E-state index in [4.69, 9.17) is 21.4 Å². The van der Waals surface area contributed by atoms with Crippen LogP contribution in [0, 0.1) is 0 Å². The third kappa shape index (κ3) is 6.17. The average molecular weight is 473 g/mol. The van der Waals surface area contributed by atoms with Gasteiger partial charge in [0.2, 0.25) is 0 Å². The van der Waals surface area contributed by atoms with Gasteiger partial charge >= 0.3 is 0 Å². The molecule has 1 amide bonds. The van der Waals surface area contributed by atoms with Gasteiger partial charge in [-0.15, -0.1) is 0 Å². The summed E-state index contributed by atoms with van der Waals surface area (Å²) in [6.07, 6.45) is 0.0339. The summed E-state index contributed by atoms with van der Waals surface area (Å²) in [5, 5.41) is 5.89. The van der Waals surface area contributed by atoms with Gasteiger partial charge in [-0.3, -0.25) is 10.1 Å². The van der Waals surface area contributed by atoms with Crippen LogP contribution in [-0.4, -0.2) is 17.1 Å². The van der Waals surface area contributed by atoms with Gasteiger partial charge in [0.05, 0.1) is 12.6 Å². The van der Waals surface area contributed by atoms with Gasteiger partial charge in [-0.05, 0) is 68.5 Å². The van der Waals surface area contributed by atoms with Gasteiger partial charge in [0.1, 0.15) is 17.3 Å². The van der Waals surface area contributed by atoms with Gasteiger partial charge in [0.25, 0.3) is 5.91 Å². The topological polar surface area (TPSA) is 63.5 Å². The number of benzene rings is 2. The molecule has 3 aromatic rings. The largest absolute Gasteiger partial charge is 0.491 e. The lowest BCUT2D eigenvalue weighted by Gasteiger charge is -2.12. The third-order valence-electron chi connectivity index (χ3n) is 3.91. The summed E-state index contributed by atoms with van der Waals surface area (Å²) in [6, 6.07) is 18.6. The summed E-state index contributed by atoms with van der Waals surface area (Å²) in [4.78, 5) is 12.4. The maximum absolute atomic E-state index is 12.4. The molecule has 2 aromatic carbocycles. The number of rotatable bonds is 6. The predicted octanol–water partition coefficient (Wildman–Crippen LogP) is 5.30. The monoisotopic (exact) mass is 472 g/mol. The van der Waals surface area contributed by atoms with Gasteiger partial charge in [0.15, 0.2) is 5.11 Å². The minimum absolute atomic E-state index is 0.0339. The van der Waals surface area contributed by atoms with E-state index >= 15 is 0 Å². The number of carbonyl (C=O) groups excluding carboxylic acids is 1. The molecule has 0 unspecified atom stereocenters. The number of carbonyl (C=O) groups is 1. The van der Waals surface area contributed by atoms with Crippen molar-refractivity contribution in [1.82, 2.24) is 10.6 Å². The van der Waals surface area contributed by atoms with E-state index in [0.717, 1.165) is 15.8 Å². The van der Waals surface area contributed by atoms with Crippen LogP contribution in [0.5, 0.6) is 5.75 Å². The number of halogens is 1. The molecule has 0 fully saturated rings. The fourth-order valence-corrected chi connectivity index (χ4v) is 3.04. The number of hydrogen-bond donors (Lipinski definition) is 2. The van der Waals surface area contributed by atoms with E-state index in [0.29, 0.717) is 23.6 Å². The Bertz CT molecular complexity index is 999. The molecule has 5 nitrogen and oxygen atoms in total. The molecule has 150 valence electrons. The first-order chi connectivity index (χ1) is 13.9. The summed E-state index contributed by atoms with van der Waals surface area (Å²) in [5.74, 6) is 1.83. The van der Waals surface area contributed by atoms with E-state index < -0.39 is 0 Å². The summed E-state index contributed by atoms with van der Waals surface area (Å²) in [5.41, 5.74) is 1.46. The van der Waals surface area contributed by atoms with Crippen molar-refractivity contribution in [1.29, 1.82) is 0 Å². The van der Waals surface area contributed by atoms with E-state index in [2.05, 4.69) is 26.6 Å². The Kier molecular flexibility index (Phi) is 7.06. The van der Waals surface area contributed by atoms with Crippen molar-refractivity contribution in [3.8, 4) is 17.1 Å². The highest BCUT2D eigenvalue weighted by atomic mass is 79.9. The van der Waals surface area contributed by atoms with Gasteiger partial charge < -0.3 is 14.5 Å². The first kappa shape index (κ1) is 21.1. The SMILES string of the molecule is CC(C)Oc1cccc(C(=O)NC(=S)NCc2ccc(-c3ccc(Br)cc3)o2)c1. The lowest BCUT2D eigenvalue weighted by Crippen LogP contribution is -2.38. The smallest absolute Gasteiger partial charge is 0.257 e. The Morgan fingerprint density at radius 2 is 1.90 bits per heavy atom. The zero-order valence-electron chi connectivity index (χ0n) is 16.1. The molecule has 0 spiro atoms. The van der Waals surface area contributed by atoms with Crippen LogP contribution in [0.1, 0.15) is 30.0 Å². The van der Waals surface area contributed by atoms with Crippen LogP contribution in [0.4, 0.5) is 0 Å². The minimum atomic E-state index is -0.299. The minimum Gasteiger partial charge on any atom is -0.491 e. The molecule has 2 N–H and O–H groups in total. The normalized spacial score (nSPS) is 10.6. The molecular weight excluding hydrogens is 452 g/mol. The Morgan fingerprint density at radius 3 is 2.62 bits per heavy atom. The lowest BCUT2D eigenvalue weighted by atomic mass is 10.2. The zero-order valence-corrected chi connectivity index (χ0v) is 18.5. The van der Waals surface area contributed by atoms with Crippen molar-refractivity contribution in [2.45, 2.75) is 26.5 Å². The first-order valence-electron chi connectivity index (χ1n) is 9.11. The van der Waals surface area contributed by atoms with Crippen LogP contribution in [-0.2, 0) is 6.54 Å². The quantitative estimate of drug-likeness (QED) is 0.476. The molecule has 0 radical (unpaired) electrons. The molecule has 0 aliphatic rings. The van der Waals surface area contributed by atoms with E-state index in [-0.39, 0.29) is 17.1 Å². The van der Waals surface area contributed by atoms with Gasteiger partial charge in [-0.1, -0.05) is 34.1 Å². The number of ether oxygens (including phenoxy) is 1. The fourth-order valence-electron chi connectivity index (χ4n) is 2.61. The highest BCUT2D eigenvalue weighted by Crippen LogP contribution is 2.24. The van der Waals surface area contributed by atoms with Gasteiger partial charge in [0, 0.05) is 15.6 Å². The van der Waals surface area contributed by atoms with Crippen molar-refractivity contribution in [3.05, 3.63) is 76.5 Å². The Balaban J connectivity index is 1.53. The second-order valence-corrected chi connectivity index (χ2v) is 7.93. The molecule has 1 aromatic heterocycles. The number of thiocarbonyl (C=S) groups is 1. The maximum Gasteiger partial charge on any atom is 0.257 e. The summed E-state index contributed by atoms with van der Waals surface area (Å²) < 4.78 is 12.5. The van der Waals surface area contributed by atoms with Crippen molar-refractivity contribution in [2.24, 2.45) is 0 Å². The lowest BCUT2D eigenvalue weighted by molar-refractivity contribution is 0.0976. The second kappa shape index (κ2) is 9.71. The fraction of sp³-hybridized carbons (Fsp3) is 0.182. The first-order valence-corrected chi connectivity index (χ1v) is 10.3. The molecule has 3 rings (SSSR count). The van der Waals surface area contributed by atoms with Crippen molar-refractivity contribution < 1.29 is 13.9 Å². The number of nitrogens with one attached hydrogen (secondary N) is 2. The van der Waals surface area contributed by atoms with E-state index in [9.17, 15) is 4.79 Å². The van der Waals surface area contributed by atoms with Crippen LogP contribution >= 0.6 is 28.1 Å². The summed E-state index contributed by atoms with van der Waals surface area (Å²) >= 11 is 8.64. The van der Waals surface area contributed by atoms with Crippen LogP contribution < -0.4 is 15.4 Å². The molecule has 1 heterocycles. The number of amides is 1. The maximum atomic E-state index is 12.4. The van der Waals surface area contributed by atoms with Crippen LogP contribution in [0.15, 0.2) is 69.6 Å². The second-order valence-electron chi connectivity index (χ2n) is 6.60. The van der Waals surface area contributed by atoms with Crippen LogP contribution in [0.3, 0.4) is 0 Å². The standard InChI is InChI=1S/C22H21BrN2O3S/c1-14(2)27-18-5-3-4-16(12-18)21(26)25-22(29)24-13-19-10-11-20(28-19)15-6-8-17(23)9-7-15/h3-12,14H,13H2,1-2H3,(H2,24,25,26,29). The molecule has 29 heavy (non-hydrogen) atoms. The molecule has 0 saturated heterocycles. The van der Waals surface area contributed by atoms with E-state index in [1.165, 1.54) is 0 Å². The van der Waals surface area contributed by atoms with E-state index in [1.807, 2.05) is 56.3 Å². The molecule has 0 aliphatic carbocycles. The van der Waals surface area contributed by atoms with Crippen molar-refractivity contribution in [2.75, 3.05) is 0 Å². The number of hydrogen-bond acceptors (Lipinski definition) is 4. The molecule has 0 atom stereocenters. The van der Waals surface area contributed by atoms with Gasteiger partial charge in [-0.2, -0.15) is 0 Å². The van der Waals surface area contributed by atoms with Crippen molar-refractivity contribution in [3.63, 3.8) is 0 Å². The number of furan rings is 1. The molecule has 0 saturated carbocycles. The summed E-state index contributed by atoms with van der Waals surface area (Å²) in [7, 11) is 0. The average Bonchev–Trinajstić information content (AvgIpc) is 3.15. The van der Waals surface area contributed by atoms with Crippen LogP contribution in [0.25, 0.3) is 11.3 Å².